The summed E-state index contributed by atoms with van der Waals surface area (Å²) in [5.74, 6) is 0. The van der Waals surface area contributed by atoms with Gasteiger partial charge in [-0.05, 0) is 37.2 Å². The van der Waals surface area contributed by atoms with Crippen LogP contribution in [0, 0.1) is 0 Å². The van der Waals surface area contributed by atoms with Crippen LogP contribution in [0.3, 0.4) is 0 Å². The van der Waals surface area contributed by atoms with Gasteiger partial charge in [-0.2, -0.15) is 0 Å². The number of benzene rings is 1. The summed E-state index contributed by atoms with van der Waals surface area (Å²) in [6.45, 7) is 0. The molecule has 1 aromatic heterocycles. The summed E-state index contributed by atoms with van der Waals surface area (Å²) in [5.41, 5.74) is 1.86. The number of hydrogen-bond acceptors (Lipinski definition) is 2. The van der Waals surface area contributed by atoms with Crippen molar-refractivity contribution >= 4 is 11.0 Å². The Balaban J connectivity index is 2.10. The molecule has 1 N–H and O–H groups in total. The fourth-order valence-corrected chi connectivity index (χ4v) is 1.95. The van der Waals surface area contributed by atoms with Crippen LogP contribution >= 0.6 is 0 Å². The molecular formula is C13H15F2NO. The number of fused-ring (bicyclic) bond motifs is 1. The van der Waals surface area contributed by atoms with Crippen LogP contribution in [0.25, 0.3) is 11.0 Å². The number of furan rings is 1. The SMILES string of the molecule is CNC(Cc1ccc2occc2c1)CC(F)F. The minimum Gasteiger partial charge on any atom is -0.464 e. The quantitative estimate of drug-likeness (QED) is 0.866. The zero-order valence-corrected chi connectivity index (χ0v) is 9.62. The van der Waals surface area contributed by atoms with E-state index in [4.69, 9.17) is 4.42 Å². The smallest absolute Gasteiger partial charge is 0.240 e. The van der Waals surface area contributed by atoms with Crippen LogP contribution in [0.4, 0.5) is 8.78 Å². The van der Waals surface area contributed by atoms with E-state index in [9.17, 15) is 8.78 Å². The van der Waals surface area contributed by atoms with Gasteiger partial charge in [-0.3, -0.25) is 0 Å². The monoisotopic (exact) mass is 239 g/mol. The maximum atomic E-state index is 12.3. The van der Waals surface area contributed by atoms with Crippen LogP contribution in [0.15, 0.2) is 34.9 Å². The summed E-state index contributed by atoms with van der Waals surface area (Å²) in [6, 6.07) is 7.45. The molecule has 0 aliphatic heterocycles. The van der Waals surface area contributed by atoms with Gasteiger partial charge >= 0.3 is 0 Å². The van der Waals surface area contributed by atoms with E-state index in [1.165, 1.54) is 0 Å². The fourth-order valence-electron chi connectivity index (χ4n) is 1.95. The summed E-state index contributed by atoms with van der Waals surface area (Å²) in [7, 11) is 1.71. The molecule has 1 aromatic carbocycles. The van der Waals surface area contributed by atoms with Crippen molar-refractivity contribution in [3.63, 3.8) is 0 Å². The second-order valence-electron chi connectivity index (χ2n) is 4.11. The Hall–Kier alpha value is -1.42. The first-order valence-corrected chi connectivity index (χ1v) is 5.60. The van der Waals surface area contributed by atoms with Crippen molar-refractivity contribution in [3.8, 4) is 0 Å². The molecule has 0 saturated heterocycles. The lowest BCUT2D eigenvalue weighted by Gasteiger charge is -2.15. The van der Waals surface area contributed by atoms with Gasteiger partial charge in [0.25, 0.3) is 0 Å². The fraction of sp³-hybridized carbons (Fsp3) is 0.385. The van der Waals surface area contributed by atoms with Gasteiger partial charge in [-0.1, -0.05) is 6.07 Å². The topological polar surface area (TPSA) is 25.2 Å². The average Bonchev–Trinajstić information content (AvgIpc) is 2.74. The summed E-state index contributed by atoms with van der Waals surface area (Å²) in [6.07, 6.45) is -0.171. The molecule has 0 radical (unpaired) electrons. The molecule has 1 heterocycles. The van der Waals surface area contributed by atoms with E-state index in [0.717, 1.165) is 16.5 Å². The van der Waals surface area contributed by atoms with Gasteiger partial charge in [0.2, 0.25) is 6.43 Å². The molecule has 92 valence electrons. The van der Waals surface area contributed by atoms with Gasteiger partial charge in [0.15, 0.2) is 0 Å². The molecule has 1 unspecified atom stereocenters. The summed E-state index contributed by atoms with van der Waals surface area (Å²) >= 11 is 0. The van der Waals surface area contributed by atoms with Crippen molar-refractivity contribution in [2.45, 2.75) is 25.3 Å². The number of alkyl halides is 2. The van der Waals surface area contributed by atoms with E-state index >= 15 is 0 Å². The Kier molecular flexibility index (Phi) is 3.74. The number of halogens is 2. The number of likely N-dealkylation sites (N-methyl/N-ethyl adjacent to an activating group) is 1. The maximum Gasteiger partial charge on any atom is 0.240 e. The van der Waals surface area contributed by atoms with Crippen molar-refractivity contribution in [1.29, 1.82) is 0 Å². The molecule has 0 aliphatic rings. The van der Waals surface area contributed by atoms with E-state index in [-0.39, 0.29) is 12.5 Å². The van der Waals surface area contributed by atoms with E-state index in [1.807, 2.05) is 24.3 Å². The second-order valence-corrected chi connectivity index (χ2v) is 4.11. The molecule has 2 rings (SSSR count). The Labute approximate surface area is 98.6 Å². The van der Waals surface area contributed by atoms with Gasteiger partial charge < -0.3 is 9.73 Å². The molecule has 0 spiro atoms. The van der Waals surface area contributed by atoms with Crippen LogP contribution < -0.4 is 5.32 Å². The lowest BCUT2D eigenvalue weighted by Crippen LogP contribution is -2.29. The first-order chi connectivity index (χ1) is 8.19. The molecular weight excluding hydrogens is 224 g/mol. The first-order valence-electron chi connectivity index (χ1n) is 5.60. The molecule has 2 nitrogen and oxygen atoms in total. The molecule has 2 aromatic rings. The lowest BCUT2D eigenvalue weighted by atomic mass is 10.0. The Morgan fingerprint density at radius 2 is 2.12 bits per heavy atom. The molecule has 0 bridgehead atoms. The predicted octanol–water partition coefficient (Wildman–Crippen LogP) is 3.22. The van der Waals surface area contributed by atoms with Gasteiger partial charge in [0.1, 0.15) is 5.58 Å². The standard InChI is InChI=1S/C13H15F2NO/c1-16-11(8-13(14)15)7-9-2-3-12-10(6-9)4-5-17-12/h2-6,11,13,16H,7-8H2,1H3. The number of rotatable bonds is 5. The predicted molar refractivity (Wildman–Crippen MR) is 63.4 cm³/mol. The summed E-state index contributed by atoms with van der Waals surface area (Å²) in [4.78, 5) is 0. The highest BCUT2D eigenvalue weighted by Gasteiger charge is 2.14. The van der Waals surface area contributed by atoms with Gasteiger partial charge in [-0.25, -0.2) is 8.78 Å². The average molecular weight is 239 g/mol. The van der Waals surface area contributed by atoms with Crippen LogP contribution in [0.2, 0.25) is 0 Å². The molecule has 4 heteroatoms. The molecule has 0 aliphatic carbocycles. The molecule has 0 fully saturated rings. The third kappa shape index (κ3) is 3.03. The lowest BCUT2D eigenvalue weighted by molar-refractivity contribution is 0.123. The highest BCUT2D eigenvalue weighted by atomic mass is 19.3. The van der Waals surface area contributed by atoms with Crippen LogP contribution in [0.1, 0.15) is 12.0 Å². The Morgan fingerprint density at radius 3 is 2.82 bits per heavy atom. The molecule has 0 amide bonds. The highest BCUT2D eigenvalue weighted by molar-refractivity contribution is 5.77. The van der Waals surface area contributed by atoms with Gasteiger partial charge in [-0.15, -0.1) is 0 Å². The largest absolute Gasteiger partial charge is 0.464 e. The summed E-state index contributed by atoms with van der Waals surface area (Å²) < 4.78 is 29.9. The Bertz CT molecular complexity index is 481. The van der Waals surface area contributed by atoms with Gasteiger partial charge in [0.05, 0.1) is 6.26 Å². The minimum absolute atomic E-state index is 0.125. The van der Waals surface area contributed by atoms with Crippen molar-refractivity contribution in [2.75, 3.05) is 7.05 Å². The zero-order valence-electron chi connectivity index (χ0n) is 9.62. The van der Waals surface area contributed by atoms with Gasteiger partial charge in [0, 0.05) is 17.8 Å². The second kappa shape index (κ2) is 5.27. The number of hydrogen-bond donors (Lipinski definition) is 1. The van der Waals surface area contributed by atoms with Crippen molar-refractivity contribution in [2.24, 2.45) is 0 Å². The third-order valence-electron chi connectivity index (χ3n) is 2.87. The molecule has 1 atom stereocenters. The third-order valence-corrected chi connectivity index (χ3v) is 2.87. The van der Waals surface area contributed by atoms with Crippen molar-refractivity contribution < 1.29 is 13.2 Å². The van der Waals surface area contributed by atoms with Crippen LogP contribution in [0.5, 0.6) is 0 Å². The normalized spacial score (nSPS) is 13.4. The summed E-state index contributed by atoms with van der Waals surface area (Å²) in [5, 5.41) is 3.93. The molecule has 0 saturated carbocycles. The maximum absolute atomic E-state index is 12.3. The van der Waals surface area contributed by atoms with E-state index < -0.39 is 6.43 Å². The number of nitrogens with one attached hydrogen (secondary N) is 1. The minimum atomic E-state index is -2.27. The Morgan fingerprint density at radius 1 is 1.29 bits per heavy atom. The van der Waals surface area contributed by atoms with E-state index in [0.29, 0.717) is 6.42 Å². The first kappa shape index (κ1) is 12.0. The van der Waals surface area contributed by atoms with Crippen LogP contribution in [-0.4, -0.2) is 19.5 Å². The van der Waals surface area contributed by atoms with E-state index in [1.54, 1.807) is 13.3 Å². The zero-order chi connectivity index (χ0) is 12.3. The van der Waals surface area contributed by atoms with Crippen molar-refractivity contribution in [1.82, 2.24) is 5.32 Å². The molecule has 17 heavy (non-hydrogen) atoms. The van der Waals surface area contributed by atoms with E-state index in [2.05, 4.69) is 5.32 Å². The van der Waals surface area contributed by atoms with Crippen LogP contribution in [-0.2, 0) is 6.42 Å². The highest BCUT2D eigenvalue weighted by Crippen LogP contribution is 2.19. The van der Waals surface area contributed by atoms with Crippen molar-refractivity contribution in [3.05, 3.63) is 36.1 Å².